The van der Waals surface area contributed by atoms with E-state index >= 15 is 0 Å². The summed E-state index contributed by atoms with van der Waals surface area (Å²) >= 11 is 0. The molecule has 0 aliphatic heterocycles. The zero-order chi connectivity index (χ0) is 25.8. The van der Waals surface area contributed by atoms with Crippen LogP contribution in [0.4, 0.5) is 0 Å². The van der Waals surface area contributed by atoms with Crippen molar-refractivity contribution in [1.29, 1.82) is 0 Å². The zero-order valence-electron chi connectivity index (χ0n) is 21.7. The van der Waals surface area contributed by atoms with Gasteiger partial charge in [0.15, 0.2) is 5.25 Å². The van der Waals surface area contributed by atoms with Crippen molar-refractivity contribution >= 4 is 29.9 Å². The first-order valence-corrected chi connectivity index (χ1v) is 14.4. The number of carboxylic acids is 2. The van der Waals surface area contributed by atoms with Crippen LogP contribution >= 0.6 is 7.82 Å². The summed E-state index contributed by atoms with van der Waals surface area (Å²) in [5.41, 5.74) is 0. The Hall–Kier alpha value is -0.0400. The average molecular weight is 545 g/mol. The molecule has 34 heavy (non-hydrogen) atoms. The second kappa shape index (κ2) is 23.4. The topological polar surface area (TPSA) is 185 Å². The predicted molar refractivity (Wildman–Crippen MR) is 125 cm³/mol. The number of carboxylic acid groups (broad SMARTS) is 2. The molecular weight excluding hydrogens is 502 g/mol. The molecule has 0 saturated heterocycles. The number of unbranched alkanes of at least 4 members (excludes halogenated alkanes) is 10. The quantitative estimate of drug-likeness (QED) is 0.0757. The van der Waals surface area contributed by atoms with E-state index in [0.717, 1.165) is 25.7 Å². The first-order chi connectivity index (χ1) is 15.4. The van der Waals surface area contributed by atoms with Gasteiger partial charge in [-0.25, -0.2) is 4.57 Å². The van der Waals surface area contributed by atoms with Gasteiger partial charge >= 0.3 is 49.3 Å². The zero-order valence-corrected chi connectivity index (χ0v) is 24.4. The summed E-state index contributed by atoms with van der Waals surface area (Å²) in [5, 5.41) is 13.9. The minimum absolute atomic E-state index is 0. The van der Waals surface area contributed by atoms with Crippen LogP contribution in [0.25, 0.3) is 0 Å². The number of phosphoric ester groups is 1. The molecule has 4 N–H and O–H groups in total. The van der Waals surface area contributed by atoms with Crippen LogP contribution in [0.15, 0.2) is 0 Å². The molecule has 0 aromatic heterocycles. The number of phosphoric acid groups is 1. The Morgan fingerprint density at radius 2 is 1.18 bits per heavy atom. The number of aliphatic carboxylic acids is 2. The van der Waals surface area contributed by atoms with Crippen LogP contribution in [0.5, 0.6) is 0 Å². The van der Waals surface area contributed by atoms with E-state index in [1.165, 1.54) is 51.4 Å². The molecule has 1 atom stereocenters. The van der Waals surface area contributed by atoms with Crippen LogP contribution in [0.3, 0.4) is 0 Å². The first-order valence-electron chi connectivity index (χ1n) is 11.4. The van der Waals surface area contributed by atoms with Gasteiger partial charge in [-0.3, -0.25) is 23.2 Å². The van der Waals surface area contributed by atoms with E-state index in [1.807, 2.05) is 0 Å². The van der Waals surface area contributed by atoms with Gasteiger partial charge in [0.1, 0.15) is 0 Å². The summed E-state index contributed by atoms with van der Waals surface area (Å²) < 4.78 is 50.2. The van der Waals surface area contributed by atoms with E-state index < -0.39 is 41.6 Å². The predicted octanol–water partition coefficient (Wildman–Crippen LogP) is 1.76. The van der Waals surface area contributed by atoms with Crippen LogP contribution < -0.4 is 29.6 Å². The van der Waals surface area contributed by atoms with Gasteiger partial charge in [0.2, 0.25) is 0 Å². The molecule has 0 aliphatic rings. The van der Waals surface area contributed by atoms with Crippen LogP contribution in [-0.2, 0) is 33.3 Å². The van der Waals surface area contributed by atoms with Crippen LogP contribution in [-0.4, -0.2) is 58.5 Å². The van der Waals surface area contributed by atoms with Crippen molar-refractivity contribution in [2.24, 2.45) is 0 Å². The maximum Gasteiger partial charge on any atom is 1.00 e. The fourth-order valence-corrected chi connectivity index (χ4v) is 4.04. The minimum atomic E-state index is -4.84. The van der Waals surface area contributed by atoms with E-state index in [-0.39, 0.29) is 31.0 Å². The Morgan fingerprint density at radius 3 is 1.44 bits per heavy atom. The molecular formula is C20H42NaO11PS. The normalized spacial score (nSPS) is 12.2. The summed E-state index contributed by atoms with van der Waals surface area (Å²) in [7, 11) is -8.65. The summed E-state index contributed by atoms with van der Waals surface area (Å²) in [6.07, 6.45) is 12.4. The SMILES string of the molecule is CCCCCCCCOP(=O)(O)OCCCCCCCC.O=C(O)CC(C(=O)O)S(=O)(=O)O.[H-].[Na+]. The Balaban J connectivity index is -0.000000296. The van der Waals surface area contributed by atoms with Gasteiger partial charge < -0.3 is 16.5 Å². The van der Waals surface area contributed by atoms with Crippen LogP contribution in [0.1, 0.15) is 98.7 Å². The molecule has 0 bridgehead atoms. The Labute approximate surface area is 227 Å². The van der Waals surface area contributed by atoms with Gasteiger partial charge in [-0.2, -0.15) is 8.42 Å². The van der Waals surface area contributed by atoms with Crippen molar-refractivity contribution in [3.8, 4) is 0 Å². The number of hydrogen-bond acceptors (Lipinski definition) is 7. The third-order valence-corrected chi connectivity index (χ3v) is 6.60. The molecule has 0 saturated carbocycles. The van der Waals surface area contributed by atoms with Crippen LogP contribution in [0.2, 0.25) is 0 Å². The third-order valence-electron chi connectivity index (χ3n) is 4.50. The van der Waals surface area contributed by atoms with E-state index in [9.17, 15) is 27.5 Å². The summed E-state index contributed by atoms with van der Waals surface area (Å²) in [5.74, 6) is -3.50. The maximum absolute atomic E-state index is 11.6. The Kier molecular flexibility index (Phi) is 26.4. The molecule has 0 aromatic carbocycles. The second-order valence-electron chi connectivity index (χ2n) is 7.61. The molecule has 14 heteroatoms. The molecule has 0 spiro atoms. The fourth-order valence-electron chi connectivity index (χ4n) is 2.64. The molecule has 0 amide bonds. The maximum atomic E-state index is 11.6. The van der Waals surface area contributed by atoms with Gasteiger partial charge in [-0.15, -0.1) is 0 Å². The van der Waals surface area contributed by atoms with Crippen molar-refractivity contribution in [3.05, 3.63) is 0 Å². The van der Waals surface area contributed by atoms with E-state index in [0.29, 0.717) is 13.2 Å². The van der Waals surface area contributed by atoms with Gasteiger partial charge in [0.25, 0.3) is 10.1 Å². The largest absolute Gasteiger partial charge is 1.00 e. The van der Waals surface area contributed by atoms with E-state index in [1.54, 1.807) is 0 Å². The first kappa shape index (κ1) is 38.5. The molecule has 1 unspecified atom stereocenters. The molecule has 11 nitrogen and oxygen atoms in total. The van der Waals surface area contributed by atoms with Crippen molar-refractivity contribution in [3.63, 3.8) is 0 Å². The molecule has 0 aromatic rings. The molecule has 0 heterocycles. The monoisotopic (exact) mass is 544 g/mol. The van der Waals surface area contributed by atoms with Gasteiger partial charge in [-0.1, -0.05) is 78.1 Å². The third kappa shape index (κ3) is 26.6. The van der Waals surface area contributed by atoms with Gasteiger partial charge in [-0.05, 0) is 12.8 Å². The number of hydrogen-bond donors (Lipinski definition) is 4. The van der Waals surface area contributed by atoms with Crippen molar-refractivity contribution in [1.82, 2.24) is 0 Å². The summed E-state index contributed by atoms with van der Waals surface area (Å²) in [6.45, 7) is 5.01. The molecule has 0 aliphatic carbocycles. The summed E-state index contributed by atoms with van der Waals surface area (Å²) in [6, 6.07) is 0. The van der Waals surface area contributed by atoms with E-state index in [2.05, 4.69) is 13.8 Å². The minimum Gasteiger partial charge on any atom is -1.00 e. The van der Waals surface area contributed by atoms with Crippen molar-refractivity contribution in [2.45, 2.75) is 103 Å². The number of rotatable bonds is 20. The molecule has 0 rings (SSSR count). The molecule has 0 radical (unpaired) electrons. The summed E-state index contributed by atoms with van der Waals surface area (Å²) in [4.78, 5) is 29.5. The fraction of sp³-hybridized carbons (Fsp3) is 0.900. The Morgan fingerprint density at radius 1 is 0.824 bits per heavy atom. The van der Waals surface area contributed by atoms with Gasteiger partial charge in [0, 0.05) is 0 Å². The molecule has 200 valence electrons. The van der Waals surface area contributed by atoms with Crippen molar-refractivity contribution < 1.29 is 82.3 Å². The van der Waals surface area contributed by atoms with Gasteiger partial charge in [0.05, 0.1) is 19.6 Å². The second-order valence-corrected chi connectivity index (χ2v) is 10.7. The van der Waals surface area contributed by atoms with E-state index in [4.69, 9.17) is 23.8 Å². The van der Waals surface area contributed by atoms with Crippen LogP contribution in [0, 0.1) is 0 Å². The smallest absolute Gasteiger partial charge is 1.00 e. The number of carbonyl (C=O) groups is 2. The van der Waals surface area contributed by atoms with Crippen molar-refractivity contribution in [2.75, 3.05) is 13.2 Å². The molecule has 0 fully saturated rings. The Bertz CT molecular complexity index is 658. The standard InChI is InChI=1S/C16H35O4P.C4H6O7S.Na.H/c1-3-5-7-9-11-13-15-19-21(17,18)20-16-14-12-10-8-6-4-2;5-3(6)1-2(4(7)8)12(9,10)11;;/h3-16H2,1-2H3,(H,17,18);2H,1H2,(H,5,6)(H,7,8)(H,9,10,11);;/q;;+1;-1. The average Bonchev–Trinajstić information content (AvgIpc) is 2.70.